The van der Waals surface area contributed by atoms with Crippen LogP contribution >= 0.6 is 0 Å². The minimum atomic E-state index is -0.747. The molecule has 1 aliphatic carbocycles. The van der Waals surface area contributed by atoms with E-state index in [0.717, 1.165) is 37.5 Å². The highest BCUT2D eigenvalue weighted by molar-refractivity contribution is 5.87. The lowest BCUT2D eigenvalue weighted by atomic mass is 9.79. The lowest BCUT2D eigenvalue weighted by Crippen LogP contribution is -2.48. The van der Waals surface area contributed by atoms with Crippen molar-refractivity contribution in [1.29, 1.82) is 0 Å². The Labute approximate surface area is 143 Å². The molecule has 0 heterocycles. The van der Waals surface area contributed by atoms with Crippen molar-refractivity contribution in [1.82, 2.24) is 5.32 Å². The van der Waals surface area contributed by atoms with Crippen molar-refractivity contribution in [2.75, 3.05) is 6.54 Å². The zero-order chi connectivity index (χ0) is 17.7. The SMILES string of the molecule is CC(C)(C(=O)NCC(N)C1CCC(C=O)CC1)c1ccc(F)cc1. The van der Waals surface area contributed by atoms with E-state index >= 15 is 0 Å². The van der Waals surface area contributed by atoms with Crippen LogP contribution in [0.1, 0.15) is 45.1 Å². The second-order valence-corrected chi connectivity index (χ2v) is 7.32. The zero-order valence-electron chi connectivity index (χ0n) is 14.4. The molecular weight excluding hydrogens is 307 g/mol. The maximum absolute atomic E-state index is 13.1. The first kappa shape index (κ1) is 18.6. The van der Waals surface area contributed by atoms with E-state index in [1.165, 1.54) is 12.1 Å². The smallest absolute Gasteiger partial charge is 0.230 e. The number of nitrogens with one attached hydrogen (secondary N) is 1. The third-order valence-corrected chi connectivity index (χ3v) is 5.25. The number of benzene rings is 1. The van der Waals surface area contributed by atoms with Gasteiger partial charge < -0.3 is 15.8 Å². The number of rotatable bonds is 6. The molecule has 1 fully saturated rings. The lowest BCUT2D eigenvalue weighted by Gasteiger charge is -2.31. The summed E-state index contributed by atoms with van der Waals surface area (Å²) in [6.07, 6.45) is 4.67. The fraction of sp³-hybridized carbons (Fsp3) is 0.579. The van der Waals surface area contributed by atoms with Crippen molar-refractivity contribution >= 4 is 12.2 Å². The summed E-state index contributed by atoms with van der Waals surface area (Å²) in [6, 6.07) is 5.89. The van der Waals surface area contributed by atoms with Crippen molar-refractivity contribution in [3.8, 4) is 0 Å². The van der Waals surface area contributed by atoms with E-state index in [9.17, 15) is 14.0 Å². The quantitative estimate of drug-likeness (QED) is 0.785. The van der Waals surface area contributed by atoms with Crippen molar-refractivity contribution in [2.24, 2.45) is 17.6 Å². The first-order chi connectivity index (χ1) is 11.3. The molecule has 1 atom stereocenters. The fourth-order valence-corrected chi connectivity index (χ4v) is 3.31. The van der Waals surface area contributed by atoms with Gasteiger partial charge in [0.05, 0.1) is 5.41 Å². The van der Waals surface area contributed by atoms with Crippen molar-refractivity contribution in [2.45, 2.75) is 51.0 Å². The molecule has 24 heavy (non-hydrogen) atoms. The molecule has 1 amide bonds. The summed E-state index contributed by atoms with van der Waals surface area (Å²) in [4.78, 5) is 23.3. The number of nitrogens with two attached hydrogens (primary N) is 1. The van der Waals surface area contributed by atoms with Gasteiger partial charge in [-0.15, -0.1) is 0 Å². The van der Waals surface area contributed by atoms with Crippen LogP contribution in [0.25, 0.3) is 0 Å². The van der Waals surface area contributed by atoms with E-state index in [-0.39, 0.29) is 23.7 Å². The summed E-state index contributed by atoms with van der Waals surface area (Å²) < 4.78 is 13.1. The molecule has 1 aromatic rings. The Balaban J connectivity index is 1.87. The van der Waals surface area contributed by atoms with Crippen LogP contribution in [0.3, 0.4) is 0 Å². The third-order valence-electron chi connectivity index (χ3n) is 5.25. The van der Waals surface area contributed by atoms with Gasteiger partial charge in [0.15, 0.2) is 0 Å². The predicted molar refractivity (Wildman–Crippen MR) is 91.9 cm³/mol. The molecule has 2 rings (SSSR count). The first-order valence-corrected chi connectivity index (χ1v) is 8.59. The molecule has 0 bridgehead atoms. The number of halogens is 1. The molecule has 1 aromatic carbocycles. The highest BCUT2D eigenvalue weighted by atomic mass is 19.1. The van der Waals surface area contributed by atoms with E-state index in [4.69, 9.17) is 5.73 Å². The standard InChI is InChI=1S/C19H27FN2O2/c1-19(2,15-7-9-16(20)10-8-15)18(24)22-11-17(21)14-5-3-13(12-23)4-6-14/h7-10,12-14,17H,3-6,11,21H2,1-2H3,(H,22,24). The van der Waals surface area contributed by atoms with Crippen molar-refractivity contribution in [3.05, 3.63) is 35.6 Å². The molecular formula is C19H27FN2O2. The van der Waals surface area contributed by atoms with E-state index in [0.29, 0.717) is 12.5 Å². The van der Waals surface area contributed by atoms with Gasteiger partial charge in [0, 0.05) is 18.5 Å². The molecule has 132 valence electrons. The topological polar surface area (TPSA) is 72.2 Å². The Morgan fingerprint density at radius 2 is 1.88 bits per heavy atom. The van der Waals surface area contributed by atoms with Gasteiger partial charge in [-0.25, -0.2) is 4.39 Å². The fourth-order valence-electron chi connectivity index (χ4n) is 3.31. The molecule has 5 heteroatoms. The summed E-state index contributed by atoms with van der Waals surface area (Å²) in [7, 11) is 0. The summed E-state index contributed by atoms with van der Waals surface area (Å²) >= 11 is 0. The molecule has 0 saturated heterocycles. The summed E-state index contributed by atoms with van der Waals surface area (Å²) in [5.41, 5.74) is 6.25. The van der Waals surface area contributed by atoms with Gasteiger partial charge in [-0.1, -0.05) is 12.1 Å². The van der Waals surface area contributed by atoms with E-state index < -0.39 is 5.41 Å². The lowest BCUT2D eigenvalue weighted by molar-refractivity contribution is -0.125. The average molecular weight is 334 g/mol. The van der Waals surface area contributed by atoms with Gasteiger partial charge in [-0.2, -0.15) is 0 Å². The Morgan fingerprint density at radius 3 is 2.42 bits per heavy atom. The summed E-state index contributed by atoms with van der Waals surface area (Å²) in [6.45, 7) is 4.05. The maximum atomic E-state index is 13.1. The first-order valence-electron chi connectivity index (χ1n) is 8.59. The number of hydrogen-bond donors (Lipinski definition) is 2. The van der Waals surface area contributed by atoms with Crippen LogP contribution < -0.4 is 11.1 Å². The van der Waals surface area contributed by atoms with Crippen molar-refractivity contribution in [3.63, 3.8) is 0 Å². The van der Waals surface area contributed by atoms with Gasteiger partial charge in [0.1, 0.15) is 12.1 Å². The number of carbonyl (C=O) groups excluding carboxylic acids is 2. The van der Waals surface area contributed by atoms with Crippen molar-refractivity contribution < 1.29 is 14.0 Å². The number of amides is 1. The highest BCUT2D eigenvalue weighted by Gasteiger charge is 2.31. The molecule has 3 N–H and O–H groups in total. The van der Waals surface area contributed by atoms with Crippen LogP contribution in [0.4, 0.5) is 4.39 Å². The second kappa shape index (κ2) is 7.88. The van der Waals surface area contributed by atoms with Gasteiger partial charge in [0.25, 0.3) is 0 Å². The minimum absolute atomic E-state index is 0.106. The summed E-state index contributed by atoms with van der Waals surface area (Å²) in [5, 5.41) is 2.93. The summed E-state index contributed by atoms with van der Waals surface area (Å²) in [5.74, 6) is 0.0740. The monoisotopic (exact) mass is 334 g/mol. The third kappa shape index (κ3) is 4.41. The van der Waals surface area contributed by atoms with Crippen LogP contribution in [-0.2, 0) is 15.0 Å². The highest BCUT2D eigenvalue weighted by Crippen LogP contribution is 2.29. The average Bonchev–Trinajstić information content (AvgIpc) is 2.59. The largest absolute Gasteiger partial charge is 0.354 e. The maximum Gasteiger partial charge on any atom is 0.230 e. The van der Waals surface area contributed by atoms with Gasteiger partial charge in [-0.05, 0) is 63.1 Å². The van der Waals surface area contributed by atoms with Crippen LogP contribution in [-0.4, -0.2) is 24.8 Å². The van der Waals surface area contributed by atoms with Gasteiger partial charge in [-0.3, -0.25) is 4.79 Å². The van der Waals surface area contributed by atoms with Crippen LogP contribution in [0.2, 0.25) is 0 Å². The van der Waals surface area contributed by atoms with E-state index in [1.54, 1.807) is 12.1 Å². The number of hydrogen-bond acceptors (Lipinski definition) is 3. The Kier molecular flexibility index (Phi) is 6.10. The molecule has 0 spiro atoms. The minimum Gasteiger partial charge on any atom is -0.354 e. The molecule has 0 aromatic heterocycles. The normalized spacial score (nSPS) is 22.7. The molecule has 1 saturated carbocycles. The van der Waals surface area contributed by atoms with E-state index in [2.05, 4.69) is 5.32 Å². The predicted octanol–water partition coefficient (Wildman–Crippen LogP) is 2.55. The molecule has 4 nitrogen and oxygen atoms in total. The second-order valence-electron chi connectivity index (χ2n) is 7.32. The molecule has 1 aliphatic rings. The molecule has 0 radical (unpaired) electrons. The molecule has 1 unspecified atom stereocenters. The van der Waals surface area contributed by atoms with Gasteiger partial charge >= 0.3 is 0 Å². The van der Waals surface area contributed by atoms with Crippen LogP contribution in [0.15, 0.2) is 24.3 Å². The van der Waals surface area contributed by atoms with Gasteiger partial charge in [0.2, 0.25) is 5.91 Å². The Bertz CT molecular complexity index is 563. The number of aldehydes is 1. The Morgan fingerprint density at radius 1 is 1.29 bits per heavy atom. The Hall–Kier alpha value is -1.75. The molecule has 0 aliphatic heterocycles. The van der Waals surface area contributed by atoms with Crippen LogP contribution in [0, 0.1) is 17.7 Å². The number of carbonyl (C=O) groups is 2. The van der Waals surface area contributed by atoms with E-state index in [1.807, 2.05) is 13.8 Å². The van der Waals surface area contributed by atoms with Crippen LogP contribution in [0.5, 0.6) is 0 Å². The zero-order valence-corrected chi connectivity index (χ0v) is 14.4.